The molecule has 1 amide bonds. The molecule has 0 atom stereocenters. The lowest BCUT2D eigenvalue weighted by Gasteiger charge is -2.06. The molecule has 1 aromatic heterocycles. The normalized spacial score (nSPS) is 11.7. The first-order valence-corrected chi connectivity index (χ1v) is 6.02. The Morgan fingerprint density at radius 3 is 2.76 bits per heavy atom. The molecule has 0 unspecified atom stereocenters. The summed E-state index contributed by atoms with van der Waals surface area (Å²) in [7, 11) is 1.70. The van der Waals surface area contributed by atoms with Crippen LogP contribution in [0.3, 0.4) is 0 Å². The number of allylic oxidation sites excluding steroid dienone is 1. The third-order valence-corrected chi connectivity index (χ3v) is 2.66. The quantitative estimate of drug-likeness (QED) is 0.507. The Balaban J connectivity index is 2.24. The number of aliphatic hydroxyl groups is 1. The van der Waals surface area contributed by atoms with Crippen molar-refractivity contribution in [1.29, 1.82) is 0 Å². The number of rotatable bonds is 4. The number of aromatic nitrogens is 3. The van der Waals surface area contributed by atoms with Gasteiger partial charge in [0.2, 0.25) is 5.70 Å². The van der Waals surface area contributed by atoms with Crippen LogP contribution in [-0.2, 0) is 11.8 Å². The molecule has 0 radical (unpaired) electrons. The zero-order chi connectivity index (χ0) is 15.4. The molecule has 1 aromatic carbocycles. The predicted octanol–water partition coefficient (Wildman–Crippen LogP) is 1.98. The Morgan fingerprint density at radius 1 is 1.43 bits per heavy atom. The Morgan fingerprint density at radius 2 is 2.19 bits per heavy atom. The third kappa shape index (κ3) is 3.30. The van der Waals surface area contributed by atoms with E-state index in [0.29, 0.717) is 11.4 Å². The van der Waals surface area contributed by atoms with Crippen molar-refractivity contribution in [3.8, 4) is 11.3 Å². The molecule has 0 saturated heterocycles. The van der Waals surface area contributed by atoms with Crippen molar-refractivity contribution in [2.75, 3.05) is 5.32 Å². The summed E-state index contributed by atoms with van der Waals surface area (Å²) in [6, 6.07) is 6.86. The van der Waals surface area contributed by atoms with Gasteiger partial charge in [0, 0.05) is 18.3 Å². The van der Waals surface area contributed by atoms with Crippen LogP contribution in [0.5, 0.6) is 0 Å². The fourth-order valence-corrected chi connectivity index (χ4v) is 1.70. The highest BCUT2D eigenvalue weighted by Gasteiger charge is 2.14. The number of carbonyl (C=O) groups excluding carboxylic acids is 1. The highest BCUT2D eigenvalue weighted by atomic mass is 16.3. The molecule has 0 fully saturated rings. The van der Waals surface area contributed by atoms with E-state index in [1.54, 1.807) is 31.4 Å². The molecular weight excluding hydrogens is 274 g/mol. The van der Waals surface area contributed by atoms with Crippen LogP contribution in [0.1, 0.15) is 6.92 Å². The van der Waals surface area contributed by atoms with Gasteiger partial charge >= 0.3 is 0 Å². The van der Waals surface area contributed by atoms with Gasteiger partial charge in [-0.05, 0) is 24.2 Å². The van der Waals surface area contributed by atoms with E-state index >= 15 is 0 Å². The maximum absolute atomic E-state index is 11.8. The van der Waals surface area contributed by atoms with Crippen LogP contribution in [0.2, 0.25) is 0 Å². The smallest absolute Gasteiger partial charge is 0.281 e. The Bertz CT molecular complexity index is 716. The molecule has 0 aliphatic carbocycles. The van der Waals surface area contributed by atoms with Gasteiger partial charge in [0.1, 0.15) is 11.5 Å². The minimum atomic E-state index is -0.777. The van der Waals surface area contributed by atoms with Gasteiger partial charge in [-0.15, -0.1) is 4.91 Å². The number of nitrogens with one attached hydrogen (secondary N) is 1. The maximum Gasteiger partial charge on any atom is 0.281 e. The number of hydrogen-bond donors (Lipinski definition) is 2. The molecule has 2 aromatic rings. The van der Waals surface area contributed by atoms with Gasteiger partial charge in [0.25, 0.3) is 5.91 Å². The number of nitrogens with zero attached hydrogens (tertiary/aromatic N) is 4. The summed E-state index contributed by atoms with van der Waals surface area (Å²) in [4.78, 5) is 23.7. The summed E-state index contributed by atoms with van der Waals surface area (Å²) >= 11 is 0. The summed E-state index contributed by atoms with van der Waals surface area (Å²) in [6.45, 7) is 1.21. The van der Waals surface area contributed by atoms with Crippen molar-refractivity contribution < 1.29 is 9.90 Å². The summed E-state index contributed by atoms with van der Waals surface area (Å²) in [5, 5.41) is 22.3. The summed E-state index contributed by atoms with van der Waals surface area (Å²) in [5.41, 5.74) is 1.30. The topological polar surface area (TPSA) is 109 Å². The van der Waals surface area contributed by atoms with Crippen molar-refractivity contribution >= 4 is 11.6 Å². The number of benzene rings is 1. The molecular formula is C13H13N5O3. The van der Waals surface area contributed by atoms with E-state index in [0.717, 1.165) is 5.56 Å². The lowest BCUT2D eigenvalue weighted by molar-refractivity contribution is -0.113. The van der Waals surface area contributed by atoms with E-state index < -0.39 is 17.4 Å². The summed E-state index contributed by atoms with van der Waals surface area (Å²) in [6.07, 6.45) is 1.59. The average molecular weight is 287 g/mol. The maximum atomic E-state index is 11.8. The standard InChI is InChI=1S/C13H13N5O3/c1-8(19)12(17-21)13(20)15-10-5-3-4-9(6-10)11-7-14-18(2)16-11/h3-7,19H,1-2H3,(H,15,20). The van der Waals surface area contributed by atoms with Crippen molar-refractivity contribution in [1.82, 2.24) is 15.0 Å². The zero-order valence-electron chi connectivity index (χ0n) is 11.4. The fourth-order valence-electron chi connectivity index (χ4n) is 1.70. The molecule has 0 bridgehead atoms. The molecule has 2 N–H and O–H groups in total. The van der Waals surface area contributed by atoms with E-state index in [1.807, 2.05) is 6.07 Å². The Kier molecular flexibility index (Phi) is 4.07. The monoisotopic (exact) mass is 287 g/mol. The number of nitroso groups, excluding NO2 is 1. The summed E-state index contributed by atoms with van der Waals surface area (Å²) < 4.78 is 0. The van der Waals surface area contributed by atoms with E-state index in [2.05, 4.69) is 20.7 Å². The molecule has 0 saturated carbocycles. The first kappa shape index (κ1) is 14.4. The fraction of sp³-hybridized carbons (Fsp3) is 0.154. The minimum Gasteiger partial charge on any atom is -0.510 e. The summed E-state index contributed by atoms with van der Waals surface area (Å²) in [5.74, 6) is -1.21. The van der Waals surface area contributed by atoms with Crippen molar-refractivity contribution in [2.45, 2.75) is 6.92 Å². The Hall–Kier alpha value is -3.03. The molecule has 0 spiro atoms. The number of hydrogen-bond acceptors (Lipinski definition) is 6. The SMILES string of the molecule is CC(O)=C(N=O)C(=O)Nc1cccc(-c2cnn(C)n2)c1. The van der Waals surface area contributed by atoms with Crippen LogP contribution < -0.4 is 5.32 Å². The second-order valence-electron chi connectivity index (χ2n) is 4.28. The van der Waals surface area contributed by atoms with Gasteiger partial charge in [0.05, 0.1) is 6.20 Å². The van der Waals surface area contributed by atoms with Gasteiger partial charge in [-0.3, -0.25) is 4.79 Å². The van der Waals surface area contributed by atoms with Crippen molar-refractivity contribution in [3.63, 3.8) is 0 Å². The largest absolute Gasteiger partial charge is 0.510 e. The van der Waals surface area contributed by atoms with Crippen LogP contribution in [0.15, 0.2) is 47.1 Å². The second kappa shape index (κ2) is 5.95. The van der Waals surface area contributed by atoms with Gasteiger partial charge in [-0.1, -0.05) is 12.1 Å². The van der Waals surface area contributed by atoms with Crippen LogP contribution in [0.25, 0.3) is 11.3 Å². The zero-order valence-corrected chi connectivity index (χ0v) is 11.4. The van der Waals surface area contributed by atoms with E-state index in [4.69, 9.17) is 0 Å². The predicted molar refractivity (Wildman–Crippen MR) is 76.2 cm³/mol. The van der Waals surface area contributed by atoms with Crippen LogP contribution in [-0.4, -0.2) is 26.0 Å². The highest BCUT2D eigenvalue weighted by Crippen LogP contribution is 2.20. The molecule has 108 valence electrons. The van der Waals surface area contributed by atoms with Gasteiger partial charge < -0.3 is 10.4 Å². The number of anilines is 1. The van der Waals surface area contributed by atoms with E-state index in [-0.39, 0.29) is 0 Å². The minimum absolute atomic E-state index is 0.437. The van der Waals surface area contributed by atoms with Crippen LogP contribution in [0, 0.1) is 4.91 Å². The molecule has 0 aliphatic heterocycles. The number of carbonyl (C=O) groups is 1. The molecule has 8 heteroatoms. The molecule has 1 heterocycles. The van der Waals surface area contributed by atoms with E-state index in [9.17, 15) is 14.8 Å². The second-order valence-corrected chi connectivity index (χ2v) is 4.28. The molecule has 8 nitrogen and oxygen atoms in total. The lowest BCUT2D eigenvalue weighted by Crippen LogP contribution is -2.14. The van der Waals surface area contributed by atoms with E-state index in [1.165, 1.54) is 11.7 Å². The molecule has 21 heavy (non-hydrogen) atoms. The lowest BCUT2D eigenvalue weighted by atomic mass is 10.1. The number of aliphatic hydroxyl groups excluding tert-OH is 1. The number of aryl methyl sites for hydroxylation is 1. The third-order valence-electron chi connectivity index (χ3n) is 2.66. The highest BCUT2D eigenvalue weighted by molar-refractivity contribution is 6.03. The van der Waals surface area contributed by atoms with Gasteiger partial charge in [-0.25, -0.2) is 0 Å². The number of amides is 1. The van der Waals surface area contributed by atoms with Crippen molar-refractivity contribution in [3.05, 3.63) is 46.8 Å². The first-order valence-electron chi connectivity index (χ1n) is 6.02. The van der Waals surface area contributed by atoms with Gasteiger partial charge in [0.15, 0.2) is 0 Å². The first-order chi connectivity index (χ1) is 10.0. The van der Waals surface area contributed by atoms with Crippen LogP contribution >= 0.6 is 0 Å². The van der Waals surface area contributed by atoms with Crippen molar-refractivity contribution in [2.24, 2.45) is 12.2 Å². The molecule has 2 rings (SSSR count). The average Bonchev–Trinajstić information content (AvgIpc) is 2.86. The Labute approximate surface area is 120 Å². The van der Waals surface area contributed by atoms with Crippen LogP contribution in [0.4, 0.5) is 5.69 Å². The van der Waals surface area contributed by atoms with Gasteiger partial charge in [-0.2, -0.15) is 15.0 Å². The molecule has 0 aliphatic rings.